The molecule has 1 aliphatic heterocycles. The van der Waals surface area contributed by atoms with Crippen LogP contribution in [0.4, 0.5) is 10.1 Å². The predicted octanol–water partition coefficient (Wildman–Crippen LogP) is 2.30. The molecule has 1 aliphatic carbocycles. The van der Waals surface area contributed by atoms with Gasteiger partial charge in [0.15, 0.2) is 0 Å². The number of nitrogens with one attached hydrogen (secondary N) is 1. The van der Waals surface area contributed by atoms with E-state index in [9.17, 15) is 19.1 Å². The molecule has 3 aromatic rings. The molecule has 35 heavy (non-hydrogen) atoms. The van der Waals surface area contributed by atoms with Crippen LogP contribution < -0.4 is 11.1 Å². The van der Waals surface area contributed by atoms with Crippen LogP contribution in [0.25, 0.3) is 16.6 Å². The van der Waals surface area contributed by atoms with Crippen LogP contribution in [-0.4, -0.2) is 61.2 Å². The molecule has 2 amide bonds. The minimum absolute atomic E-state index is 0.0606. The fraction of sp³-hybridized carbons (Fsp3) is 0.440. The minimum atomic E-state index is -1.39. The number of rotatable bonds is 5. The van der Waals surface area contributed by atoms with Crippen LogP contribution in [0.5, 0.6) is 0 Å². The number of fused-ring (bicyclic) bond motifs is 2. The van der Waals surface area contributed by atoms with Crippen molar-refractivity contribution in [2.24, 2.45) is 23.5 Å². The quantitative estimate of drug-likeness (QED) is 0.481. The van der Waals surface area contributed by atoms with Gasteiger partial charge in [0.1, 0.15) is 5.60 Å². The summed E-state index contributed by atoms with van der Waals surface area (Å²) in [5.74, 6) is -0.610. The maximum absolute atomic E-state index is 13.7. The van der Waals surface area contributed by atoms with Gasteiger partial charge in [0, 0.05) is 43.2 Å². The van der Waals surface area contributed by atoms with Crippen molar-refractivity contribution in [3.8, 4) is 11.1 Å². The number of aromatic nitrogens is 3. The Morgan fingerprint density at radius 2 is 2.03 bits per heavy atom. The number of nitrogens with two attached hydrogens (primary N) is 1. The Balaban J connectivity index is 1.44. The number of likely N-dealkylation sites (tertiary alicyclic amines) is 1. The Kier molecular flexibility index (Phi) is 5.51. The zero-order valence-electron chi connectivity index (χ0n) is 19.9. The van der Waals surface area contributed by atoms with Gasteiger partial charge in [0.05, 0.1) is 23.0 Å². The summed E-state index contributed by atoms with van der Waals surface area (Å²) in [6.07, 6.45) is 5.43. The summed E-state index contributed by atoms with van der Waals surface area (Å²) in [5, 5.41) is 18.0. The first kappa shape index (κ1) is 23.2. The number of primary amides is 1. The number of hydrogen-bond donors (Lipinski definition) is 3. The van der Waals surface area contributed by atoms with Crippen LogP contribution in [0, 0.1) is 23.7 Å². The molecule has 4 heterocycles. The second kappa shape index (κ2) is 8.30. The van der Waals surface area contributed by atoms with Crippen molar-refractivity contribution < 1.29 is 19.1 Å². The SMILES string of the molecule is C[C@H]1[C@@H]2CN(C(=O)C(C)(C)O)C[C@H]2C[C@H]1Nc1c(C(N)=O)cnn2cc(-c3ccnc(F)c3)cc12. The molecule has 4 atom stereocenters. The Bertz CT molecular complexity index is 1320. The molecule has 10 heteroatoms. The lowest BCUT2D eigenvalue weighted by molar-refractivity contribution is -0.147. The van der Waals surface area contributed by atoms with Crippen molar-refractivity contribution in [2.45, 2.75) is 38.8 Å². The maximum atomic E-state index is 13.7. The number of amides is 2. The minimum Gasteiger partial charge on any atom is -0.381 e. The molecule has 184 valence electrons. The van der Waals surface area contributed by atoms with E-state index in [0.717, 1.165) is 12.0 Å². The Morgan fingerprint density at radius 1 is 1.26 bits per heavy atom. The van der Waals surface area contributed by atoms with Crippen LogP contribution in [0.3, 0.4) is 0 Å². The monoisotopic (exact) mass is 480 g/mol. The number of hydrogen-bond acceptors (Lipinski definition) is 6. The highest BCUT2D eigenvalue weighted by atomic mass is 19.1. The van der Waals surface area contributed by atoms with E-state index in [4.69, 9.17) is 5.73 Å². The summed E-state index contributed by atoms with van der Waals surface area (Å²) in [6.45, 7) is 6.39. The molecule has 1 saturated carbocycles. The van der Waals surface area contributed by atoms with Crippen LogP contribution in [-0.2, 0) is 4.79 Å². The molecule has 0 spiro atoms. The molecule has 9 nitrogen and oxygen atoms in total. The first-order valence-corrected chi connectivity index (χ1v) is 11.7. The van der Waals surface area contributed by atoms with E-state index >= 15 is 0 Å². The van der Waals surface area contributed by atoms with Crippen molar-refractivity contribution in [3.63, 3.8) is 0 Å². The van der Waals surface area contributed by atoms with E-state index in [-0.39, 0.29) is 29.3 Å². The maximum Gasteiger partial charge on any atom is 0.253 e. The Hall–Kier alpha value is -3.53. The fourth-order valence-corrected chi connectivity index (χ4v) is 5.64. The molecular formula is C25H29FN6O3. The van der Waals surface area contributed by atoms with E-state index in [2.05, 4.69) is 22.3 Å². The van der Waals surface area contributed by atoms with Crippen molar-refractivity contribution in [1.29, 1.82) is 0 Å². The number of pyridine rings is 1. The molecule has 5 rings (SSSR count). The average molecular weight is 481 g/mol. The largest absolute Gasteiger partial charge is 0.381 e. The van der Waals surface area contributed by atoms with Crippen molar-refractivity contribution in [2.75, 3.05) is 18.4 Å². The van der Waals surface area contributed by atoms with E-state index < -0.39 is 17.5 Å². The van der Waals surface area contributed by atoms with Gasteiger partial charge in [-0.2, -0.15) is 9.49 Å². The fourth-order valence-electron chi connectivity index (χ4n) is 5.64. The van der Waals surface area contributed by atoms with Crippen molar-refractivity contribution >= 4 is 23.0 Å². The zero-order chi connectivity index (χ0) is 25.1. The third-order valence-electron chi connectivity index (χ3n) is 7.46. The standard InChI is InChI=1S/C25H29FN6O3/c1-13-18-12-31(24(34)25(2,3)35)10-16(18)6-19(13)30-22-17(23(27)33)9-29-32-11-15(7-20(22)32)14-4-5-28-21(26)8-14/h4-5,7-9,11,13,16,18-19,30,35H,6,10,12H2,1-3H3,(H2,27,33)/t13-,16+,18-,19+/m0/s1. The first-order valence-electron chi connectivity index (χ1n) is 11.7. The second-order valence-electron chi connectivity index (χ2n) is 10.3. The highest BCUT2D eigenvalue weighted by molar-refractivity contribution is 6.02. The van der Waals surface area contributed by atoms with Gasteiger partial charge in [0.2, 0.25) is 5.95 Å². The van der Waals surface area contributed by atoms with Crippen LogP contribution in [0.1, 0.15) is 37.6 Å². The molecule has 0 radical (unpaired) electrons. The van der Waals surface area contributed by atoms with E-state index in [1.54, 1.807) is 21.7 Å². The lowest BCUT2D eigenvalue weighted by Crippen LogP contribution is -2.45. The van der Waals surface area contributed by atoms with E-state index in [0.29, 0.717) is 35.8 Å². The molecule has 0 unspecified atom stereocenters. The van der Waals surface area contributed by atoms with Gasteiger partial charge in [0.25, 0.3) is 11.8 Å². The van der Waals surface area contributed by atoms with Gasteiger partial charge >= 0.3 is 0 Å². The summed E-state index contributed by atoms with van der Waals surface area (Å²) >= 11 is 0. The summed E-state index contributed by atoms with van der Waals surface area (Å²) in [4.78, 5) is 30.2. The van der Waals surface area contributed by atoms with Gasteiger partial charge in [-0.05, 0) is 55.7 Å². The van der Waals surface area contributed by atoms with Crippen molar-refractivity contribution in [3.05, 3.63) is 48.3 Å². The molecule has 0 bridgehead atoms. The number of carbonyl (C=O) groups is 2. The number of carbonyl (C=O) groups excluding carboxylic acids is 2. The molecule has 2 aliphatic rings. The van der Waals surface area contributed by atoms with Gasteiger partial charge in [-0.15, -0.1) is 0 Å². The molecule has 4 N–H and O–H groups in total. The van der Waals surface area contributed by atoms with E-state index in [1.807, 2.05) is 6.07 Å². The molecule has 2 fully saturated rings. The third kappa shape index (κ3) is 4.12. The highest BCUT2D eigenvalue weighted by Gasteiger charge is 2.48. The summed E-state index contributed by atoms with van der Waals surface area (Å²) in [7, 11) is 0. The van der Waals surface area contributed by atoms with Gasteiger partial charge in [-0.25, -0.2) is 9.50 Å². The normalized spacial score (nSPS) is 24.1. The Morgan fingerprint density at radius 3 is 2.69 bits per heavy atom. The molecular weight excluding hydrogens is 451 g/mol. The summed E-state index contributed by atoms with van der Waals surface area (Å²) in [5.41, 5.74) is 7.22. The smallest absolute Gasteiger partial charge is 0.253 e. The number of nitrogens with zero attached hydrogens (tertiary/aromatic N) is 4. The number of aliphatic hydroxyl groups is 1. The average Bonchev–Trinajstić information content (AvgIpc) is 3.47. The number of anilines is 1. The molecule has 1 saturated heterocycles. The lowest BCUT2D eigenvalue weighted by Gasteiger charge is -2.28. The van der Waals surface area contributed by atoms with Crippen LogP contribution in [0.15, 0.2) is 36.8 Å². The Labute approximate surface area is 202 Å². The third-order valence-corrected chi connectivity index (χ3v) is 7.46. The van der Waals surface area contributed by atoms with Crippen molar-refractivity contribution in [1.82, 2.24) is 19.5 Å². The van der Waals surface area contributed by atoms with Gasteiger partial charge in [-0.3, -0.25) is 9.59 Å². The molecule has 3 aromatic heterocycles. The van der Waals surface area contributed by atoms with Gasteiger partial charge in [-0.1, -0.05) is 6.92 Å². The highest BCUT2D eigenvalue weighted by Crippen LogP contribution is 2.44. The topological polar surface area (TPSA) is 126 Å². The van der Waals surface area contributed by atoms with Gasteiger partial charge < -0.3 is 21.1 Å². The predicted molar refractivity (Wildman–Crippen MR) is 128 cm³/mol. The first-order chi connectivity index (χ1) is 16.5. The summed E-state index contributed by atoms with van der Waals surface area (Å²) in [6, 6.07) is 4.96. The second-order valence-corrected chi connectivity index (χ2v) is 10.3. The van der Waals surface area contributed by atoms with Crippen LogP contribution >= 0.6 is 0 Å². The molecule has 0 aromatic carbocycles. The lowest BCUT2D eigenvalue weighted by atomic mass is 9.93. The number of halogens is 1. The van der Waals surface area contributed by atoms with Crippen LogP contribution in [0.2, 0.25) is 0 Å². The zero-order valence-corrected chi connectivity index (χ0v) is 19.9. The van der Waals surface area contributed by atoms with E-state index in [1.165, 1.54) is 32.3 Å². The summed E-state index contributed by atoms with van der Waals surface area (Å²) < 4.78 is 15.3.